The Morgan fingerprint density at radius 3 is 2.36 bits per heavy atom. The van der Waals surface area contributed by atoms with Gasteiger partial charge in [-0.3, -0.25) is 4.79 Å². The molecule has 0 saturated carbocycles. The van der Waals surface area contributed by atoms with Crippen molar-refractivity contribution in [2.45, 2.75) is 26.2 Å². The molecule has 0 spiro atoms. The highest BCUT2D eigenvalue weighted by molar-refractivity contribution is 6.32. The molecule has 0 fully saturated rings. The van der Waals surface area contributed by atoms with E-state index >= 15 is 0 Å². The van der Waals surface area contributed by atoms with Gasteiger partial charge in [0.1, 0.15) is 5.15 Å². The molecule has 1 aromatic rings. The van der Waals surface area contributed by atoms with Crippen LogP contribution in [-0.2, 0) is 5.41 Å². The summed E-state index contributed by atoms with van der Waals surface area (Å²) in [6, 6.07) is 3.38. The SMILES string of the molecule is CC(C)(C)c1ccc(C(N)=O)c(Cl)n1. The van der Waals surface area contributed by atoms with E-state index in [9.17, 15) is 4.79 Å². The van der Waals surface area contributed by atoms with Crippen LogP contribution in [-0.4, -0.2) is 10.9 Å². The van der Waals surface area contributed by atoms with Gasteiger partial charge in [-0.1, -0.05) is 32.4 Å². The molecule has 1 rings (SSSR count). The molecule has 0 aliphatic rings. The Morgan fingerprint density at radius 2 is 2.00 bits per heavy atom. The highest BCUT2D eigenvalue weighted by Gasteiger charge is 2.17. The summed E-state index contributed by atoms with van der Waals surface area (Å²) in [7, 11) is 0. The lowest BCUT2D eigenvalue weighted by atomic mass is 9.91. The number of primary amides is 1. The van der Waals surface area contributed by atoms with Gasteiger partial charge in [0.15, 0.2) is 0 Å². The van der Waals surface area contributed by atoms with Crippen molar-refractivity contribution in [3.8, 4) is 0 Å². The number of aromatic nitrogens is 1. The summed E-state index contributed by atoms with van der Waals surface area (Å²) >= 11 is 5.82. The number of rotatable bonds is 1. The van der Waals surface area contributed by atoms with E-state index in [2.05, 4.69) is 4.98 Å². The third-order valence-corrected chi connectivity index (χ3v) is 2.17. The summed E-state index contributed by atoms with van der Waals surface area (Å²) in [4.78, 5) is 15.0. The van der Waals surface area contributed by atoms with E-state index in [1.165, 1.54) is 0 Å². The highest BCUT2D eigenvalue weighted by atomic mass is 35.5. The van der Waals surface area contributed by atoms with Crippen LogP contribution in [0.15, 0.2) is 12.1 Å². The Bertz CT molecular complexity index is 369. The third-order valence-electron chi connectivity index (χ3n) is 1.88. The Balaban J connectivity index is 3.20. The zero-order chi connectivity index (χ0) is 10.9. The minimum atomic E-state index is -0.553. The average molecular weight is 213 g/mol. The second-order valence-electron chi connectivity index (χ2n) is 4.15. The van der Waals surface area contributed by atoms with Crippen molar-refractivity contribution in [2.75, 3.05) is 0 Å². The highest BCUT2D eigenvalue weighted by Crippen LogP contribution is 2.23. The van der Waals surface area contributed by atoms with E-state index < -0.39 is 5.91 Å². The molecule has 0 atom stereocenters. The van der Waals surface area contributed by atoms with E-state index in [4.69, 9.17) is 17.3 Å². The number of hydrogen-bond acceptors (Lipinski definition) is 2. The maximum atomic E-state index is 10.9. The minimum absolute atomic E-state index is 0.0835. The normalized spacial score (nSPS) is 11.4. The van der Waals surface area contributed by atoms with Crippen molar-refractivity contribution in [1.82, 2.24) is 4.98 Å². The first-order valence-electron chi connectivity index (χ1n) is 4.29. The fraction of sp³-hybridized carbons (Fsp3) is 0.400. The molecule has 1 aromatic heterocycles. The van der Waals surface area contributed by atoms with Crippen molar-refractivity contribution in [3.05, 3.63) is 28.5 Å². The van der Waals surface area contributed by atoms with Crippen LogP contribution < -0.4 is 5.73 Å². The van der Waals surface area contributed by atoms with E-state index in [-0.39, 0.29) is 16.1 Å². The Morgan fingerprint density at radius 1 is 1.43 bits per heavy atom. The number of amides is 1. The number of carbonyl (C=O) groups excluding carboxylic acids is 1. The van der Waals surface area contributed by atoms with Gasteiger partial charge < -0.3 is 5.73 Å². The van der Waals surface area contributed by atoms with Gasteiger partial charge in [0.25, 0.3) is 5.91 Å². The summed E-state index contributed by atoms with van der Waals surface area (Å²) in [5, 5.41) is 0.171. The van der Waals surface area contributed by atoms with Gasteiger partial charge >= 0.3 is 0 Å². The molecule has 1 heterocycles. The molecule has 3 nitrogen and oxygen atoms in total. The number of nitrogens with two attached hydrogens (primary N) is 1. The predicted molar refractivity (Wildman–Crippen MR) is 56.5 cm³/mol. The summed E-state index contributed by atoms with van der Waals surface area (Å²) in [6.07, 6.45) is 0. The predicted octanol–water partition coefficient (Wildman–Crippen LogP) is 2.13. The van der Waals surface area contributed by atoms with Gasteiger partial charge in [-0.15, -0.1) is 0 Å². The van der Waals surface area contributed by atoms with Crippen LogP contribution >= 0.6 is 11.6 Å². The zero-order valence-corrected chi connectivity index (χ0v) is 9.22. The fourth-order valence-corrected chi connectivity index (χ4v) is 1.28. The monoisotopic (exact) mass is 212 g/mol. The molecule has 0 unspecified atom stereocenters. The molecule has 76 valence electrons. The van der Waals surface area contributed by atoms with Crippen LogP contribution in [0.3, 0.4) is 0 Å². The van der Waals surface area contributed by atoms with Crippen molar-refractivity contribution >= 4 is 17.5 Å². The van der Waals surface area contributed by atoms with Gasteiger partial charge in [0, 0.05) is 11.1 Å². The van der Waals surface area contributed by atoms with E-state index in [0.29, 0.717) is 0 Å². The lowest BCUT2D eigenvalue weighted by Crippen LogP contribution is -2.17. The van der Waals surface area contributed by atoms with Crippen molar-refractivity contribution < 1.29 is 4.79 Å². The second-order valence-corrected chi connectivity index (χ2v) is 4.51. The average Bonchev–Trinajstić information content (AvgIpc) is 2.01. The summed E-state index contributed by atoms with van der Waals surface area (Å²) in [5.74, 6) is -0.553. The zero-order valence-electron chi connectivity index (χ0n) is 8.47. The molecule has 1 amide bonds. The molecule has 2 N–H and O–H groups in total. The number of carbonyl (C=O) groups is 1. The number of halogens is 1. The van der Waals surface area contributed by atoms with Gasteiger partial charge in [-0.2, -0.15) is 0 Å². The fourth-order valence-electron chi connectivity index (χ4n) is 1.04. The van der Waals surface area contributed by atoms with Gasteiger partial charge in [0.05, 0.1) is 5.56 Å². The van der Waals surface area contributed by atoms with E-state index in [1.807, 2.05) is 20.8 Å². The Kier molecular flexibility index (Phi) is 2.81. The summed E-state index contributed by atoms with van der Waals surface area (Å²) < 4.78 is 0. The standard InChI is InChI=1S/C10H13ClN2O/c1-10(2,3)7-5-4-6(9(12)14)8(11)13-7/h4-5H,1-3H3,(H2,12,14). The molecule has 0 saturated heterocycles. The number of nitrogens with zero attached hydrogens (tertiary/aromatic N) is 1. The third kappa shape index (κ3) is 2.23. The second kappa shape index (κ2) is 3.58. The van der Waals surface area contributed by atoms with Crippen LogP contribution in [0.1, 0.15) is 36.8 Å². The largest absolute Gasteiger partial charge is 0.366 e. The summed E-state index contributed by atoms with van der Waals surface area (Å²) in [6.45, 7) is 6.07. The quantitative estimate of drug-likeness (QED) is 0.725. The number of pyridine rings is 1. The molecule has 0 bridgehead atoms. The Hall–Kier alpha value is -1.09. The Labute approximate surface area is 88.3 Å². The minimum Gasteiger partial charge on any atom is -0.366 e. The van der Waals surface area contributed by atoms with Gasteiger partial charge in [0.2, 0.25) is 0 Å². The van der Waals surface area contributed by atoms with Crippen LogP contribution in [0.5, 0.6) is 0 Å². The molecule has 0 radical (unpaired) electrons. The maximum absolute atomic E-state index is 10.9. The van der Waals surface area contributed by atoms with E-state index in [0.717, 1.165) is 5.69 Å². The first kappa shape index (κ1) is 11.0. The lowest BCUT2D eigenvalue weighted by Gasteiger charge is -2.17. The van der Waals surface area contributed by atoms with Crippen LogP contribution in [0, 0.1) is 0 Å². The smallest absolute Gasteiger partial charge is 0.251 e. The molecular formula is C10H13ClN2O. The topological polar surface area (TPSA) is 56.0 Å². The van der Waals surface area contributed by atoms with Crippen LogP contribution in [0.2, 0.25) is 5.15 Å². The summed E-state index contributed by atoms with van der Waals surface area (Å²) in [5.41, 5.74) is 6.13. The van der Waals surface area contributed by atoms with Crippen molar-refractivity contribution in [2.24, 2.45) is 5.73 Å². The van der Waals surface area contributed by atoms with Crippen LogP contribution in [0.4, 0.5) is 0 Å². The molecule has 4 heteroatoms. The molecule has 14 heavy (non-hydrogen) atoms. The van der Waals surface area contributed by atoms with Crippen molar-refractivity contribution in [1.29, 1.82) is 0 Å². The molecular weight excluding hydrogens is 200 g/mol. The van der Waals surface area contributed by atoms with Gasteiger partial charge in [-0.25, -0.2) is 4.98 Å². The van der Waals surface area contributed by atoms with E-state index in [1.54, 1.807) is 12.1 Å². The van der Waals surface area contributed by atoms with Crippen LogP contribution in [0.25, 0.3) is 0 Å². The maximum Gasteiger partial charge on any atom is 0.251 e. The van der Waals surface area contributed by atoms with Crippen molar-refractivity contribution in [3.63, 3.8) is 0 Å². The molecule has 0 aromatic carbocycles. The van der Waals surface area contributed by atoms with Gasteiger partial charge in [-0.05, 0) is 12.1 Å². The number of hydrogen-bond donors (Lipinski definition) is 1. The lowest BCUT2D eigenvalue weighted by molar-refractivity contribution is 0.1000. The molecule has 0 aliphatic carbocycles. The first-order valence-corrected chi connectivity index (χ1v) is 4.67. The first-order chi connectivity index (χ1) is 6.32. The molecule has 0 aliphatic heterocycles.